The summed E-state index contributed by atoms with van der Waals surface area (Å²) in [7, 11) is 0. The molecule has 0 aromatic rings. The van der Waals surface area contributed by atoms with E-state index in [4.69, 9.17) is 0 Å². The van der Waals surface area contributed by atoms with Gasteiger partial charge in [0, 0.05) is 31.8 Å². The highest BCUT2D eigenvalue weighted by atomic mass is 16.2. The van der Waals surface area contributed by atoms with E-state index in [9.17, 15) is 9.59 Å². The second-order valence-electron chi connectivity index (χ2n) is 7.85. The van der Waals surface area contributed by atoms with E-state index in [2.05, 4.69) is 13.8 Å². The maximum atomic E-state index is 12.3. The zero-order chi connectivity index (χ0) is 18.3. The van der Waals surface area contributed by atoms with Crippen LogP contribution in [0, 0.1) is 5.92 Å². The van der Waals surface area contributed by atoms with Crippen molar-refractivity contribution < 1.29 is 9.59 Å². The molecule has 0 aromatic heterocycles. The summed E-state index contributed by atoms with van der Waals surface area (Å²) in [4.78, 5) is 26.3. The van der Waals surface area contributed by atoms with E-state index in [0.717, 1.165) is 25.8 Å². The molecule has 3 heteroatoms. The lowest BCUT2D eigenvalue weighted by Gasteiger charge is -2.16. The number of hydrogen-bond donors (Lipinski definition) is 0. The predicted octanol–water partition coefficient (Wildman–Crippen LogP) is 5.91. The Bertz CT molecular complexity index is 367. The molecule has 1 unspecified atom stereocenters. The highest BCUT2D eigenvalue weighted by Crippen LogP contribution is 2.22. The van der Waals surface area contributed by atoms with Crippen LogP contribution < -0.4 is 0 Å². The lowest BCUT2D eigenvalue weighted by Crippen LogP contribution is -2.27. The normalized spacial score (nSPS) is 17.4. The second kappa shape index (κ2) is 14.3. The number of carbonyl (C=O) groups excluding carboxylic acids is 2. The van der Waals surface area contributed by atoms with Crippen LogP contribution in [-0.4, -0.2) is 29.7 Å². The van der Waals surface area contributed by atoms with Gasteiger partial charge < -0.3 is 4.90 Å². The molecule has 0 N–H and O–H groups in total. The molecule has 0 spiro atoms. The van der Waals surface area contributed by atoms with Crippen molar-refractivity contribution >= 4 is 11.7 Å². The molecule has 1 heterocycles. The van der Waals surface area contributed by atoms with Gasteiger partial charge in [0.05, 0.1) is 0 Å². The number of rotatable bonds is 16. The molecule has 3 nitrogen and oxygen atoms in total. The first-order valence-corrected chi connectivity index (χ1v) is 11.0. The maximum Gasteiger partial charge on any atom is 0.223 e. The fourth-order valence-electron chi connectivity index (χ4n) is 3.75. The van der Waals surface area contributed by atoms with Crippen molar-refractivity contribution in [1.82, 2.24) is 4.90 Å². The third kappa shape index (κ3) is 10.0. The summed E-state index contributed by atoms with van der Waals surface area (Å²) < 4.78 is 0. The van der Waals surface area contributed by atoms with Gasteiger partial charge in [-0.3, -0.25) is 9.59 Å². The predicted molar refractivity (Wildman–Crippen MR) is 106 cm³/mol. The molecule has 1 atom stereocenters. The number of amides is 1. The minimum absolute atomic E-state index is 0.0206. The van der Waals surface area contributed by atoms with E-state index in [0.29, 0.717) is 25.2 Å². The van der Waals surface area contributed by atoms with Crippen molar-refractivity contribution in [3.63, 3.8) is 0 Å². The first-order chi connectivity index (χ1) is 12.2. The van der Waals surface area contributed by atoms with Gasteiger partial charge in [-0.2, -0.15) is 0 Å². The Morgan fingerprint density at radius 2 is 1.36 bits per heavy atom. The van der Waals surface area contributed by atoms with Crippen LogP contribution in [-0.2, 0) is 9.59 Å². The summed E-state index contributed by atoms with van der Waals surface area (Å²) in [5, 5.41) is 0. The summed E-state index contributed by atoms with van der Waals surface area (Å²) in [6, 6.07) is 0. The van der Waals surface area contributed by atoms with E-state index in [-0.39, 0.29) is 11.8 Å². The first-order valence-electron chi connectivity index (χ1n) is 11.0. The van der Waals surface area contributed by atoms with Gasteiger partial charge >= 0.3 is 0 Å². The molecule has 146 valence electrons. The number of hydrogen-bond acceptors (Lipinski definition) is 2. The molecule has 0 saturated carbocycles. The highest BCUT2D eigenvalue weighted by molar-refractivity contribution is 5.90. The molecular formula is C22H41NO2. The van der Waals surface area contributed by atoms with E-state index in [1.54, 1.807) is 0 Å². The van der Waals surface area contributed by atoms with Crippen molar-refractivity contribution in [2.24, 2.45) is 5.92 Å². The average molecular weight is 352 g/mol. The van der Waals surface area contributed by atoms with Gasteiger partial charge in [0.15, 0.2) is 0 Å². The Morgan fingerprint density at radius 1 is 0.840 bits per heavy atom. The van der Waals surface area contributed by atoms with Gasteiger partial charge in [-0.1, -0.05) is 84.5 Å². The third-order valence-electron chi connectivity index (χ3n) is 5.48. The number of ketones is 1. The van der Waals surface area contributed by atoms with Gasteiger partial charge in [0.2, 0.25) is 5.91 Å². The average Bonchev–Trinajstić information content (AvgIpc) is 2.98. The SMILES string of the molecule is CCCCCCCCCCN1CC(C(=O)CCCCCCC)CC1=O. The van der Waals surface area contributed by atoms with Crippen LogP contribution in [0.4, 0.5) is 0 Å². The molecule has 0 bridgehead atoms. The minimum atomic E-state index is -0.0206. The van der Waals surface area contributed by atoms with Crippen LogP contribution in [0.2, 0.25) is 0 Å². The van der Waals surface area contributed by atoms with Crippen molar-refractivity contribution in [3.05, 3.63) is 0 Å². The van der Waals surface area contributed by atoms with E-state index in [1.807, 2.05) is 4.90 Å². The molecule has 1 saturated heterocycles. The quantitative estimate of drug-likeness (QED) is 0.324. The summed E-state index contributed by atoms with van der Waals surface area (Å²) >= 11 is 0. The Morgan fingerprint density at radius 3 is 1.96 bits per heavy atom. The van der Waals surface area contributed by atoms with Crippen molar-refractivity contribution in [1.29, 1.82) is 0 Å². The van der Waals surface area contributed by atoms with Crippen LogP contribution in [0.25, 0.3) is 0 Å². The topological polar surface area (TPSA) is 37.4 Å². The van der Waals surface area contributed by atoms with E-state index < -0.39 is 0 Å². The van der Waals surface area contributed by atoms with Gasteiger partial charge in [-0.25, -0.2) is 0 Å². The van der Waals surface area contributed by atoms with Gasteiger partial charge in [-0.05, 0) is 12.8 Å². The fraction of sp³-hybridized carbons (Fsp3) is 0.909. The molecule has 25 heavy (non-hydrogen) atoms. The zero-order valence-electron chi connectivity index (χ0n) is 16.9. The van der Waals surface area contributed by atoms with Gasteiger partial charge in [0.1, 0.15) is 5.78 Å². The Labute approximate surface area is 155 Å². The van der Waals surface area contributed by atoms with Crippen molar-refractivity contribution in [3.8, 4) is 0 Å². The lowest BCUT2D eigenvalue weighted by molar-refractivity contribution is -0.128. The second-order valence-corrected chi connectivity index (χ2v) is 7.85. The fourth-order valence-corrected chi connectivity index (χ4v) is 3.75. The third-order valence-corrected chi connectivity index (χ3v) is 5.48. The molecule has 1 aliphatic heterocycles. The largest absolute Gasteiger partial charge is 0.342 e. The Kier molecular flexibility index (Phi) is 12.7. The number of likely N-dealkylation sites (tertiary alicyclic amines) is 1. The number of Topliss-reactive ketones (excluding diaryl/α,β-unsaturated/α-hetero) is 1. The standard InChI is InChI=1S/C22H41NO2/c1-3-5-7-9-10-11-13-15-17-23-19-20(18-22(23)25)21(24)16-14-12-8-6-4-2/h20H,3-19H2,1-2H3. The Hall–Kier alpha value is -0.860. The monoisotopic (exact) mass is 351 g/mol. The van der Waals surface area contributed by atoms with E-state index in [1.165, 1.54) is 64.2 Å². The molecule has 0 aromatic carbocycles. The van der Waals surface area contributed by atoms with Crippen LogP contribution in [0.1, 0.15) is 110 Å². The lowest BCUT2D eigenvalue weighted by atomic mass is 9.98. The number of unbranched alkanes of at least 4 members (excludes halogenated alkanes) is 11. The van der Waals surface area contributed by atoms with Crippen LogP contribution in [0.3, 0.4) is 0 Å². The summed E-state index contributed by atoms with van der Waals surface area (Å²) in [5.41, 5.74) is 0. The van der Waals surface area contributed by atoms with Crippen LogP contribution in [0.15, 0.2) is 0 Å². The van der Waals surface area contributed by atoms with E-state index >= 15 is 0 Å². The molecule has 0 aliphatic carbocycles. The minimum Gasteiger partial charge on any atom is -0.342 e. The number of nitrogens with zero attached hydrogens (tertiary/aromatic N) is 1. The maximum absolute atomic E-state index is 12.3. The highest BCUT2D eigenvalue weighted by Gasteiger charge is 2.33. The molecule has 1 rings (SSSR count). The summed E-state index contributed by atoms with van der Waals surface area (Å²) in [5.74, 6) is 0.503. The van der Waals surface area contributed by atoms with Gasteiger partial charge in [-0.15, -0.1) is 0 Å². The Balaban J connectivity index is 2.07. The first kappa shape index (κ1) is 22.2. The molecule has 1 aliphatic rings. The van der Waals surface area contributed by atoms with Crippen LogP contribution >= 0.6 is 0 Å². The molecule has 1 fully saturated rings. The van der Waals surface area contributed by atoms with Crippen LogP contribution in [0.5, 0.6) is 0 Å². The number of carbonyl (C=O) groups is 2. The summed E-state index contributed by atoms with van der Waals surface area (Å²) in [6.45, 7) is 5.99. The smallest absolute Gasteiger partial charge is 0.223 e. The van der Waals surface area contributed by atoms with Crippen molar-refractivity contribution in [2.75, 3.05) is 13.1 Å². The molecular weight excluding hydrogens is 310 g/mol. The summed E-state index contributed by atoms with van der Waals surface area (Å²) in [6.07, 6.45) is 17.3. The van der Waals surface area contributed by atoms with Gasteiger partial charge in [0.25, 0.3) is 0 Å². The van der Waals surface area contributed by atoms with Crippen molar-refractivity contribution in [2.45, 2.75) is 110 Å². The molecule has 0 radical (unpaired) electrons. The zero-order valence-corrected chi connectivity index (χ0v) is 16.9. The molecule has 1 amide bonds.